The van der Waals surface area contributed by atoms with Crippen LogP contribution < -0.4 is 0 Å². The SMILES string of the molecule is Cc1ccc(-c2nc(=S)o[nH]2)s1. The molecule has 0 radical (unpaired) electrons. The van der Waals surface area contributed by atoms with Gasteiger partial charge in [-0.3, -0.25) is 0 Å². The van der Waals surface area contributed by atoms with Crippen molar-refractivity contribution in [3.63, 3.8) is 0 Å². The average molecular weight is 198 g/mol. The van der Waals surface area contributed by atoms with E-state index in [0.717, 1.165) is 4.88 Å². The third-order valence-electron chi connectivity index (χ3n) is 1.41. The maximum absolute atomic E-state index is 4.81. The van der Waals surface area contributed by atoms with E-state index in [9.17, 15) is 0 Å². The van der Waals surface area contributed by atoms with Crippen LogP contribution in [0.3, 0.4) is 0 Å². The topological polar surface area (TPSA) is 41.8 Å². The van der Waals surface area contributed by atoms with Gasteiger partial charge in [-0.25, -0.2) is 0 Å². The Morgan fingerprint density at radius 2 is 2.42 bits per heavy atom. The van der Waals surface area contributed by atoms with Crippen LogP contribution in [0.1, 0.15) is 4.88 Å². The Morgan fingerprint density at radius 1 is 1.58 bits per heavy atom. The number of aromatic nitrogens is 2. The molecule has 2 heterocycles. The Labute approximate surface area is 78.0 Å². The van der Waals surface area contributed by atoms with Crippen LogP contribution in [0.4, 0.5) is 0 Å². The highest BCUT2D eigenvalue weighted by atomic mass is 32.1. The van der Waals surface area contributed by atoms with Gasteiger partial charge in [0.1, 0.15) is 0 Å². The molecule has 2 rings (SSSR count). The lowest BCUT2D eigenvalue weighted by Crippen LogP contribution is -1.71. The van der Waals surface area contributed by atoms with Crippen LogP contribution in [0, 0.1) is 11.8 Å². The first-order valence-electron chi connectivity index (χ1n) is 3.38. The lowest BCUT2D eigenvalue weighted by atomic mass is 10.4. The van der Waals surface area contributed by atoms with Gasteiger partial charge >= 0.3 is 4.84 Å². The molecule has 0 spiro atoms. The van der Waals surface area contributed by atoms with Crippen LogP contribution >= 0.6 is 23.6 Å². The molecule has 2 aromatic rings. The molecule has 0 unspecified atom stereocenters. The molecule has 0 aliphatic rings. The minimum atomic E-state index is 0.246. The van der Waals surface area contributed by atoms with Crippen molar-refractivity contribution in [3.8, 4) is 10.7 Å². The molecular formula is C7H6N2OS2. The smallest absolute Gasteiger partial charge is 0.314 e. The van der Waals surface area contributed by atoms with E-state index in [4.69, 9.17) is 16.7 Å². The largest absolute Gasteiger partial charge is 0.348 e. The summed E-state index contributed by atoms with van der Waals surface area (Å²) in [6.07, 6.45) is 0. The standard InChI is InChI=1S/C7H6N2OS2/c1-4-2-3-5(12-4)6-8-7(11)10-9-6/h2-3H,1H3,(H,8,9,11). The number of thiophene rings is 1. The monoisotopic (exact) mass is 198 g/mol. The molecule has 12 heavy (non-hydrogen) atoms. The van der Waals surface area contributed by atoms with Gasteiger partial charge in [0.15, 0.2) is 5.82 Å². The van der Waals surface area contributed by atoms with Gasteiger partial charge in [0.25, 0.3) is 0 Å². The summed E-state index contributed by atoms with van der Waals surface area (Å²) < 4.78 is 4.81. The van der Waals surface area contributed by atoms with Gasteiger partial charge in [0.2, 0.25) is 0 Å². The zero-order valence-electron chi connectivity index (χ0n) is 6.33. The van der Waals surface area contributed by atoms with Gasteiger partial charge in [-0.1, -0.05) is 0 Å². The van der Waals surface area contributed by atoms with Crippen molar-refractivity contribution in [2.75, 3.05) is 0 Å². The number of H-pyrrole nitrogens is 1. The summed E-state index contributed by atoms with van der Waals surface area (Å²) in [7, 11) is 0. The summed E-state index contributed by atoms with van der Waals surface area (Å²) in [5, 5.41) is 2.66. The number of aromatic amines is 1. The van der Waals surface area contributed by atoms with Gasteiger partial charge in [0.05, 0.1) is 4.88 Å². The molecule has 62 valence electrons. The number of nitrogens with one attached hydrogen (secondary N) is 1. The fourth-order valence-electron chi connectivity index (χ4n) is 0.896. The van der Waals surface area contributed by atoms with Gasteiger partial charge < -0.3 is 4.52 Å². The number of hydrogen-bond acceptors (Lipinski definition) is 4. The Morgan fingerprint density at radius 3 is 2.92 bits per heavy atom. The lowest BCUT2D eigenvalue weighted by Gasteiger charge is -1.83. The third kappa shape index (κ3) is 1.33. The fraction of sp³-hybridized carbons (Fsp3) is 0.143. The van der Waals surface area contributed by atoms with Crippen molar-refractivity contribution in [2.24, 2.45) is 0 Å². The van der Waals surface area contributed by atoms with Crippen molar-refractivity contribution in [3.05, 3.63) is 21.8 Å². The Hall–Kier alpha value is -0.940. The van der Waals surface area contributed by atoms with E-state index in [1.807, 2.05) is 19.1 Å². The van der Waals surface area contributed by atoms with Crippen molar-refractivity contribution < 1.29 is 4.52 Å². The van der Waals surface area contributed by atoms with E-state index in [0.29, 0.717) is 5.82 Å². The predicted molar refractivity (Wildman–Crippen MR) is 49.7 cm³/mol. The van der Waals surface area contributed by atoms with Crippen LogP contribution in [0.2, 0.25) is 0 Å². The van der Waals surface area contributed by atoms with Crippen LogP contribution in [0.5, 0.6) is 0 Å². The number of aryl methyl sites for hydroxylation is 1. The molecular weight excluding hydrogens is 192 g/mol. The summed E-state index contributed by atoms with van der Waals surface area (Å²) in [6, 6.07) is 4.02. The molecule has 3 nitrogen and oxygen atoms in total. The normalized spacial score (nSPS) is 10.4. The van der Waals surface area contributed by atoms with Crippen LogP contribution in [-0.4, -0.2) is 10.1 Å². The Balaban J connectivity index is 2.50. The lowest BCUT2D eigenvalue weighted by molar-refractivity contribution is 0.406. The fourth-order valence-corrected chi connectivity index (χ4v) is 1.83. The van der Waals surface area contributed by atoms with Gasteiger partial charge in [0, 0.05) is 4.88 Å². The molecule has 0 fully saturated rings. The van der Waals surface area contributed by atoms with Gasteiger partial charge in [-0.05, 0) is 31.3 Å². The van der Waals surface area contributed by atoms with E-state index in [2.05, 4.69) is 10.1 Å². The summed E-state index contributed by atoms with van der Waals surface area (Å²) in [4.78, 5) is 6.53. The first-order chi connectivity index (χ1) is 5.75. The Bertz CT molecular complexity index is 440. The second-order valence-corrected chi connectivity index (χ2v) is 3.98. The van der Waals surface area contributed by atoms with Crippen molar-refractivity contribution in [1.29, 1.82) is 0 Å². The highest BCUT2D eigenvalue weighted by Gasteiger charge is 2.03. The first-order valence-corrected chi connectivity index (χ1v) is 4.60. The number of rotatable bonds is 1. The second kappa shape index (κ2) is 2.84. The highest BCUT2D eigenvalue weighted by molar-refractivity contribution is 7.71. The van der Waals surface area contributed by atoms with Crippen LogP contribution in [0.25, 0.3) is 10.7 Å². The van der Waals surface area contributed by atoms with Gasteiger partial charge in [-0.15, -0.1) is 11.3 Å². The molecule has 0 bridgehead atoms. The number of hydrogen-bond donors (Lipinski definition) is 1. The Kier molecular flexibility index (Phi) is 1.82. The van der Waals surface area contributed by atoms with Crippen molar-refractivity contribution >= 4 is 23.6 Å². The minimum Gasteiger partial charge on any atom is -0.348 e. The van der Waals surface area contributed by atoms with E-state index in [1.165, 1.54) is 4.88 Å². The second-order valence-electron chi connectivity index (χ2n) is 2.34. The van der Waals surface area contributed by atoms with Crippen LogP contribution in [0.15, 0.2) is 16.7 Å². The van der Waals surface area contributed by atoms with Crippen LogP contribution in [-0.2, 0) is 0 Å². The molecule has 0 aromatic carbocycles. The summed E-state index contributed by atoms with van der Waals surface area (Å²) in [6.45, 7) is 2.04. The van der Waals surface area contributed by atoms with E-state index in [-0.39, 0.29) is 4.84 Å². The number of nitrogens with zero attached hydrogens (tertiary/aromatic N) is 1. The molecule has 0 aliphatic heterocycles. The molecule has 2 aromatic heterocycles. The van der Waals surface area contributed by atoms with E-state index < -0.39 is 0 Å². The van der Waals surface area contributed by atoms with Crippen molar-refractivity contribution in [2.45, 2.75) is 6.92 Å². The molecule has 0 saturated heterocycles. The van der Waals surface area contributed by atoms with Crippen molar-refractivity contribution in [1.82, 2.24) is 10.1 Å². The third-order valence-corrected chi connectivity index (χ3v) is 2.59. The minimum absolute atomic E-state index is 0.246. The quantitative estimate of drug-likeness (QED) is 0.716. The molecule has 5 heteroatoms. The molecule has 0 atom stereocenters. The predicted octanol–water partition coefficient (Wildman–Crippen LogP) is 2.77. The maximum Gasteiger partial charge on any atom is 0.314 e. The summed E-state index contributed by atoms with van der Waals surface area (Å²) in [5.41, 5.74) is 0. The molecule has 1 N–H and O–H groups in total. The van der Waals surface area contributed by atoms with E-state index in [1.54, 1.807) is 11.3 Å². The zero-order chi connectivity index (χ0) is 8.55. The zero-order valence-corrected chi connectivity index (χ0v) is 7.96. The maximum atomic E-state index is 4.81. The highest BCUT2D eigenvalue weighted by Crippen LogP contribution is 2.24. The first kappa shape index (κ1) is 7.70. The molecule has 0 saturated carbocycles. The van der Waals surface area contributed by atoms with E-state index >= 15 is 0 Å². The summed E-state index contributed by atoms with van der Waals surface area (Å²) in [5.74, 6) is 0.707. The average Bonchev–Trinajstić information content (AvgIpc) is 2.58. The summed E-state index contributed by atoms with van der Waals surface area (Å²) >= 11 is 6.39. The molecule has 0 amide bonds. The van der Waals surface area contributed by atoms with Gasteiger partial charge in [-0.2, -0.15) is 10.1 Å². The molecule has 0 aliphatic carbocycles.